The molecule has 11 heteroatoms. The van der Waals surface area contributed by atoms with Crippen molar-refractivity contribution in [2.45, 2.75) is 71.1 Å². The highest BCUT2D eigenvalue weighted by Gasteiger charge is 2.25. The maximum atomic E-state index is 12.2. The van der Waals surface area contributed by atoms with Crippen molar-refractivity contribution < 1.29 is 9.53 Å². The summed E-state index contributed by atoms with van der Waals surface area (Å²) in [4.78, 5) is 30.4. The van der Waals surface area contributed by atoms with Gasteiger partial charge in [0.2, 0.25) is 0 Å². The fraction of sp³-hybridized carbons (Fsp3) is 0.556. The first-order chi connectivity index (χ1) is 18.2. The molecule has 1 unspecified atom stereocenters. The second-order valence-electron chi connectivity index (χ2n) is 11.1. The summed E-state index contributed by atoms with van der Waals surface area (Å²) >= 11 is 0. The number of rotatable bonds is 6. The first kappa shape index (κ1) is 25.9. The Balaban J connectivity index is 1.22. The second kappa shape index (κ2) is 10.9. The van der Waals surface area contributed by atoms with Crippen LogP contribution in [0.4, 0.5) is 16.4 Å². The Morgan fingerprint density at radius 3 is 2.55 bits per heavy atom. The smallest absolute Gasteiger partial charge is 0.407 e. The highest BCUT2D eigenvalue weighted by Crippen LogP contribution is 2.24. The molecule has 38 heavy (non-hydrogen) atoms. The molecule has 0 spiro atoms. The summed E-state index contributed by atoms with van der Waals surface area (Å²) in [5.74, 6) is 1.71. The minimum Gasteiger partial charge on any atom is -0.444 e. The number of hydrogen-bond donors (Lipinski definition) is 1. The summed E-state index contributed by atoms with van der Waals surface area (Å²) in [6, 6.07) is 3.97. The third-order valence-corrected chi connectivity index (χ3v) is 6.93. The summed E-state index contributed by atoms with van der Waals surface area (Å²) in [7, 11) is 0. The lowest BCUT2D eigenvalue weighted by Crippen LogP contribution is -2.49. The Morgan fingerprint density at radius 2 is 1.82 bits per heavy atom. The number of alkyl carbamates (subject to hydrolysis) is 1. The Hall–Kier alpha value is -3.76. The topological polar surface area (TPSA) is 114 Å². The Bertz CT molecular complexity index is 1230. The van der Waals surface area contributed by atoms with Crippen molar-refractivity contribution in [2.75, 3.05) is 36.0 Å². The van der Waals surface area contributed by atoms with Crippen LogP contribution >= 0.6 is 0 Å². The molecule has 3 aromatic rings. The molecule has 1 N–H and O–H groups in total. The first-order valence-corrected chi connectivity index (χ1v) is 13.4. The van der Waals surface area contributed by atoms with Gasteiger partial charge in [-0.05, 0) is 65.5 Å². The molecule has 3 aromatic heterocycles. The average Bonchev–Trinajstić information content (AvgIpc) is 3.61. The van der Waals surface area contributed by atoms with Gasteiger partial charge in [-0.15, -0.1) is 5.10 Å². The monoisotopic (exact) mass is 519 g/mol. The van der Waals surface area contributed by atoms with Gasteiger partial charge >= 0.3 is 6.09 Å². The molecule has 0 saturated carbocycles. The van der Waals surface area contributed by atoms with Gasteiger partial charge in [-0.2, -0.15) is 5.10 Å². The summed E-state index contributed by atoms with van der Waals surface area (Å²) in [6.45, 7) is 11.3. The van der Waals surface area contributed by atoms with Crippen LogP contribution in [0, 0.1) is 0 Å². The Morgan fingerprint density at radius 1 is 1.03 bits per heavy atom. The Labute approximate surface area is 223 Å². The quantitative estimate of drug-likeness (QED) is 0.519. The number of carbonyl (C=O) groups excluding carboxylic acids is 1. The minimum absolute atomic E-state index is 0.00967. The van der Waals surface area contributed by atoms with E-state index in [1.807, 2.05) is 49.9 Å². The molecule has 5 rings (SSSR count). The van der Waals surface area contributed by atoms with Crippen LogP contribution in [0.3, 0.4) is 0 Å². The zero-order valence-corrected chi connectivity index (χ0v) is 22.7. The van der Waals surface area contributed by atoms with E-state index in [1.165, 1.54) is 12.8 Å². The molecule has 2 aliphatic rings. The number of nitrogens with zero attached hydrogens (tertiary/aromatic N) is 8. The van der Waals surface area contributed by atoms with Crippen molar-refractivity contribution in [1.29, 1.82) is 0 Å². The summed E-state index contributed by atoms with van der Waals surface area (Å²) in [5, 5.41) is 12.0. The number of anilines is 2. The van der Waals surface area contributed by atoms with Crippen molar-refractivity contribution >= 4 is 17.7 Å². The van der Waals surface area contributed by atoms with E-state index in [-0.39, 0.29) is 18.2 Å². The molecule has 2 fully saturated rings. The van der Waals surface area contributed by atoms with Crippen LogP contribution in [0.5, 0.6) is 0 Å². The molecule has 2 aliphatic heterocycles. The molecule has 2 saturated heterocycles. The Kier molecular flexibility index (Phi) is 7.44. The summed E-state index contributed by atoms with van der Waals surface area (Å²) in [5.41, 5.74) is 1.88. The summed E-state index contributed by atoms with van der Waals surface area (Å²) in [6.07, 6.45) is 11.2. The van der Waals surface area contributed by atoms with Gasteiger partial charge in [-0.3, -0.25) is 4.98 Å². The fourth-order valence-electron chi connectivity index (χ4n) is 4.92. The maximum absolute atomic E-state index is 12.2. The zero-order chi connectivity index (χ0) is 26.7. The number of aromatic nitrogens is 6. The predicted molar refractivity (Wildman–Crippen MR) is 145 cm³/mol. The minimum atomic E-state index is -0.516. The van der Waals surface area contributed by atoms with Crippen LogP contribution in [0.25, 0.3) is 11.4 Å². The molecular formula is C27H37N9O2. The summed E-state index contributed by atoms with van der Waals surface area (Å²) < 4.78 is 7.43. The molecule has 202 valence electrons. The third kappa shape index (κ3) is 6.20. The number of nitrogens with one attached hydrogen (secondary N) is 1. The fourth-order valence-corrected chi connectivity index (χ4v) is 4.92. The van der Waals surface area contributed by atoms with E-state index in [0.29, 0.717) is 6.54 Å². The third-order valence-electron chi connectivity index (χ3n) is 6.93. The van der Waals surface area contributed by atoms with E-state index in [9.17, 15) is 4.79 Å². The lowest BCUT2D eigenvalue weighted by Gasteiger charge is -2.34. The molecule has 2 atom stereocenters. The molecule has 5 heterocycles. The van der Waals surface area contributed by atoms with Gasteiger partial charge in [0, 0.05) is 38.4 Å². The standard InChI is InChI=1S/C27H37N9O2/c1-19(36-17-23(29-18-36)22-14-28-15-25(31-22)34-11-5-6-12-34)21-9-10-24(33-32-21)35-13-7-8-20(16-35)30-26(37)38-27(2,3)4/h9-10,14-15,17-20H,5-8,11-13,16H2,1-4H3,(H,30,37)/t19?,20-/m1/s1. The van der Waals surface area contributed by atoms with Crippen LogP contribution in [-0.4, -0.2) is 73.6 Å². The molecule has 11 nitrogen and oxygen atoms in total. The first-order valence-electron chi connectivity index (χ1n) is 13.4. The van der Waals surface area contributed by atoms with Crippen LogP contribution in [0.2, 0.25) is 0 Å². The maximum Gasteiger partial charge on any atom is 0.407 e. The van der Waals surface area contributed by atoms with Crippen molar-refractivity contribution in [3.8, 4) is 11.4 Å². The van der Waals surface area contributed by atoms with Gasteiger partial charge < -0.3 is 24.4 Å². The largest absolute Gasteiger partial charge is 0.444 e. The van der Waals surface area contributed by atoms with Crippen LogP contribution in [-0.2, 0) is 4.74 Å². The van der Waals surface area contributed by atoms with E-state index in [2.05, 4.69) is 42.2 Å². The lowest BCUT2D eigenvalue weighted by atomic mass is 10.1. The highest BCUT2D eigenvalue weighted by atomic mass is 16.6. The van der Waals surface area contributed by atoms with Crippen molar-refractivity contribution in [3.05, 3.63) is 42.7 Å². The molecule has 0 aromatic carbocycles. The van der Waals surface area contributed by atoms with E-state index in [0.717, 1.165) is 61.2 Å². The van der Waals surface area contributed by atoms with Gasteiger partial charge in [-0.1, -0.05) is 0 Å². The van der Waals surface area contributed by atoms with Crippen LogP contribution < -0.4 is 15.1 Å². The predicted octanol–water partition coefficient (Wildman–Crippen LogP) is 3.83. The number of amides is 1. The normalized spacial score (nSPS) is 18.9. The van der Waals surface area contributed by atoms with Crippen molar-refractivity contribution in [2.24, 2.45) is 0 Å². The lowest BCUT2D eigenvalue weighted by molar-refractivity contribution is 0.0500. The molecule has 0 bridgehead atoms. The number of hydrogen-bond acceptors (Lipinski definition) is 9. The van der Waals surface area contributed by atoms with E-state index >= 15 is 0 Å². The van der Waals surface area contributed by atoms with Gasteiger partial charge in [0.1, 0.15) is 22.8 Å². The molecule has 0 radical (unpaired) electrons. The number of ether oxygens (including phenoxy) is 1. The van der Waals surface area contributed by atoms with E-state index in [1.54, 1.807) is 12.5 Å². The van der Waals surface area contributed by atoms with E-state index < -0.39 is 5.60 Å². The van der Waals surface area contributed by atoms with Crippen LogP contribution in [0.1, 0.15) is 65.1 Å². The van der Waals surface area contributed by atoms with Crippen molar-refractivity contribution in [1.82, 2.24) is 35.0 Å². The molecular weight excluding hydrogens is 482 g/mol. The second-order valence-corrected chi connectivity index (χ2v) is 11.1. The van der Waals surface area contributed by atoms with Gasteiger partial charge in [0.05, 0.1) is 30.5 Å². The van der Waals surface area contributed by atoms with Gasteiger partial charge in [-0.25, -0.2) is 14.8 Å². The number of imidazole rings is 1. The zero-order valence-electron chi connectivity index (χ0n) is 22.7. The number of piperidine rings is 1. The SMILES string of the molecule is CC(c1ccc(N2CCC[C@@H](NC(=O)OC(C)(C)C)C2)nn1)n1cnc(-c2cncc(N3CCCC3)n2)c1. The number of carbonyl (C=O) groups is 1. The highest BCUT2D eigenvalue weighted by molar-refractivity contribution is 5.68. The van der Waals surface area contributed by atoms with Crippen molar-refractivity contribution in [3.63, 3.8) is 0 Å². The van der Waals surface area contributed by atoms with Crippen LogP contribution in [0.15, 0.2) is 37.1 Å². The molecule has 1 amide bonds. The van der Waals surface area contributed by atoms with Gasteiger partial charge in [0.15, 0.2) is 5.82 Å². The average molecular weight is 520 g/mol. The van der Waals surface area contributed by atoms with E-state index in [4.69, 9.17) is 9.72 Å². The molecule has 0 aliphatic carbocycles. The van der Waals surface area contributed by atoms with Gasteiger partial charge in [0.25, 0.3) is 0 Å².